The number of imide groups is 1. The van der Waals surface area contributed by atoms with Crippen LogP contribution in [-0.4, -0.2) is 52.4 Å². The van der Waals surface area contributed by atoms with Crippen molar-refractivity contribution in [1.82, 2.24) is 5.32 Å². The number of fused-ring (bicyclic) bond motifs is 1. The van der Waals surface area contributed by atoms with Gasteiger partial charge in [0.1, 0.15) is 0 Å². The molecule has 0 fully saturated rings. The van der Waals surface area contributed by atoms with E-state index in [9.17, 15) is 22.8 Å². The van der Waals surface area contributed by atoms with Crippen molar-refractivity contribution in [2.75, 3.05) is 24.2 Å². The van der Waals surface area contributed by atoms with Crippen molar-refractivity contribution in [2.24, 2.45) is 0 Å². The largest absolute Gasteiger partial charge is 0.453 e. The molecule has 0 aliphatic carbocycles. The van der Waals surface area contributed by atoms with E-state index in [0.29, 0.717) is 24.2 Å². The molecule has 2 amide bonds. The van der Waals surface area contributed by atoms with Crippen molar-refractivity contribution in [2.45, 2.75) is 19.4 Å². The quantitative estimate of drug-likeness (QED) is 0.764. The third-order valence-electron chi connectivity index (χ3n) is 3.63. The van der Waals surface area contributed by atoms with Gasteiger partial charge < -0.3 is 9.47 Å². The van der Waals surface area contributed by atoms with E-state index < -0.39 is 34.1 Å². The van der Waals surface area contributed by atoms with Crippen LogP contribution in [0.15, 0.2) is 18.2 Å². The lowest BCUT2D eigenvalue weighted by atomic mass is 10.1. The average Bonchev–Trinajstić information content (AvgIpc) is 2.97. The number of hydrogen-bond acceptors (Lipinski definition) is 7. The van der Waals surface area contributed by atoms with Crippen LogP contribution in [0.3, 0.4) is 0 Å². The van der Waals surface area contributed by atoms with Gasteiger partial charge in [-0.15, -0.1) is 0 Å². The summed E-state index contributed by atoms with van der Waals surface area (Å²) in [6.45, 7) is 1.62. The smallest absolute Gasteiger partial charge is 0.413 e. The molecule has 136 valence electrons. The van der Waals surface area contributed by atoms with E-state index in [-0.39, 0.29) is 5.56 Å². The maximum absolute atomic E-state index is 12.1. The molecule has 1 N–H and O–H groups in total. The van der Waals surface area contributed by atoms with Gasteiger partial charge in [0.05, 0.1) is 24.6 Å². The number of ether oxygens (including phenoxy) is 2. The number of anilines is 1. The molecule has 0 saturated carbocycles. The van der Waals surface area contributed by atoms with E-state index in [0.717, 1.165) is 13.4 Å². The van der Waals surface area contributed by atoms with Gasteiger partial charge in [0.2, 0.25) is 10.0 Å². The summed E-state index contributed by atoms with van der Waals surface area (Å²) >= 11 is 0. The number of alkyl carbamates (subject to hydrolysis) is 1. The Bertz CT molecular complexity index is 819. The highest BCUT2D eigenvalue weighted by Crippen LogP contribution is 2.30. The first-order valence-corrected chi connectivity index (χ1v) is 9.18. The van der Waals surface area contributed by atoms with Gasteiger partial charge in [-0.25, -0.2) is 18.0 Å². The van der Waals surface area contributed by atoms with Crippen LogP contribution in [0.25, 0.3) is 0 Å². The standard InChI is InChI=1S/C15H18N2O7S/c1-9(13(18)16-15(20)23-2)24-14(19)11-4-5-12-10(8-11)6-7-17(12)25(3,21)22/h4-5,8-9H,6-7H2,1-3H3,(H,16,18,20)/t9-/m1/s1. The molecular weight excluding hydrogens is 352 g/mol. The highest BCUT2D eigenvalue weighted by Gasteiger charge is 2.28. The fourth-order valence-corrected chi connectivity index (χ4v) is 3.34. The van der Waals surface area contributed by atoms with Crippen LogP contribution in [0.1, 0.15) is 22.8 Å². The number of benzene rings is 1. The first-order valence-electron chi connectivity index (χ1n) is 7.34. The van der Waals surface area contributed by atoms with Crippen LogP contribution in [0.5, 0.6) is 0 Å². The highest BCUT2D eigenvalue weighted by molar-refractivity contribution is 7.92. The molecule has 1 atom stereocenters. The van der Waals surface area contributed by atoms with Crippen molar-refractivity contribution >= 4 is 33.7 Å². The number of methoxy groups -OCH3 is 1. The molecule has 2 rings (SSSR count). The van der Waals surface area contributed by atoms with Gasteiger partial charge in [0.25, 0.3) is 5.91 Å². The summed E-state index contributed by atoms with van der Waals surface area (Å²) in [7, 11) is -2.27. The van der Waals surface area contributed by atoms with E-state index in [1.54, 1.807) is 0 Å². The maximum atomic E-state index is 12.1. The van der Waals surface area contributed by atoms with Crippen LogP contribution in [0.4, 0.5) is 10.5 Å². The van der Waals surface area contributed by atoms with Crippen LogP contribution < -0.4 is 9.62 Å². The third kappa shape index (κ3) is 4.27. The maximum Gasteiger partial charge on any atom is 0.413 e. The first-order chi connectivity index (χ1) is 11.6. The van der Waals surface area contributed by atoms with Gasteiger partial charge in [0, 0.05) is 6.54 Å². The lowest BCUT2D eigenvalue weighted by molar-refractivity contribution is -0.128. The van der Waals surface area contributed by atoms with E-state index >= 15 is 0 Å². The number of hydrogen-bond donors (Lipinski definition) is 1. The Morgan fingerprint density at radius 2 is 1.96 bits per heavy atom. The Labute approximate surface area is 144 Å². The van der Waals surface area contributed by atoms with Crippen LogP contribution in [-0.2, 0) is 30.7 Å². The fourth-order valence-electron chi connectivity index (χ4n) is 2.38. The van der Waals surface area contributed by atoms with E-state index in [4.69, 9.17) is 4.74 Å². The topological polar surface area (TPSA) is 119 Å². The Morgan fingerprint density at radius 3 is 2.56 bits per heavy atom. The zero-order valence-electron chi connectivity index (χ0n) is 13.9. The van der Waals surface area contributed by atoms with E-state index in [1.165, 1.54) is 29.4 Å². The number of esters is 1. The Kier molecular flexibility index (Phi) is 5.31. The molecule has 0 unspecified atom stereocenters. The van der Waals surface area contributed by atoms with Crippen LogP contribution in [0, 0.1) is 0 Å². The predicted molar refractivity (Wildman–Crippen MR) is 87.8 cm³/mol. The van der Waals surface area contributed by atoms with Crippen LogP contribution in [0.2, 0.25) is 0 Å². The summed E-state index contributed by atoms with van der Waals surface area (Å²) in [5, 5.41) is 1.90. The second-order valence-electron chi connectivity index (χ2n) is 5.46. The summed E-state index contributed by atoms with van der Waals surface area (Å²) in [5.41, 5.74) is 1.41. The molecule has 25 heavy (non-hydrogen) atoms. The van der Waals surface area contributed by atoms with Gasteiger partial charge in [-0.3, -0.25) is 14.4 Å². The lowest BCUT2D eigenvalue weighted by Gasteiger charge is -2.16. The van der Waals surface area contributed by atoms with Gasteiger partial charge in [-0.2, -0.15) is 0 Å². The zero-order chi connectivity index (χ0) is 18.8. The van der Waals surface area contributed by atoms with Crippen molar-refractivity contribution < 1.29 is 32.3 Å². The number of carbonyl (C=O) groups is 3. The lowest BCUT2D eigenvalue weighted by Crippen LogP contribution is -2.39. The summed E-state index contributed by atoms with van der Waals surface area (Å²) in [6.07, 6.45) is -0.563. The van der Waals surface area contributed by atoms with Crippen molar-refractivity contribution in [1.29, 1.82) is 0 Å². The molecule has 9 nitrogen and oxygen atoms in total. The number of sulfonamides is 1. The molecule has 1 aromatic carbocycles. The highest BCUT2D eigenvalue weighted by atomic mass is 32.2. The molecule has 0 saturated heterocycles. The number of nitrogens with one attached hydrogen (secondary N) is 1. The zero-order valence-corrected chi connectivity index (χ0v) is 14.8. The Balaban J connectivity index is 2.09. The van der Waals surface area contributed by atoms with Crippen molar-refractivity contribution in [3.05, 3.63) is 29.3 Å². The van der Waals surface area contributed by atoms with Gasteiger partial charge in [-0.1, -0.05) is 0 Å². The average molecular weight is 370 g/mol. The summed E-state index contributed by atoms with van der Waals surface area (Å²) in [6, 6.07) is 4.49. The van der Waals surface area contributed by atoms with Gasteiger partial charge >= 0.3 is 12.1 Å². The monoisotopic (exact) mass is 370 g/mol. The number of amides is 2. The molecule has 1 heterocycles. The number of rotatable bonds is 4. The molecule has 1 aliphatic rings. The summed E-state index contributed by atoms with van der Waals surface area (Å²) in [5.74, 6) is -1.57. The third-order valence-corrected chi connectivity index (χ3v) is 4.81. The minimum Gasteiger partial charge on any atom is -0.453 e. The molecule has 0 radical (unpaired) electrons. The normalized spacial score (nSPS) is 14.4. The Morgan fingerprint density at radius 1 is 1.28 bits per heavy atom. The fraction of sp³-hybridized carbons (Fsp3) is 0.400. The van der Waals surface area contributed by atoms with Crippen LogP contribution >= 0.6 is 0 Å². The van der Waals surface area contributed by atoms with E-state index in [1.807, 2.05) is 5.32 Å². The molecule has 0 spiro atoms. The summed E-state index contributed by atoms with van der Waals surface area (Å²) in [4.78, 5) is 34.8. The van der Waals surface area contributed by atoms with Crippen molar-refractivity contribution in [3.8, 4) is 0 Å². The van der Waals surface area contributed by atoms with Crippen molar-refractivity contribution in [3.63, 3.8) is 0 Å². The second-order valence-corrected chi connectivity index (χ2v) is 7.36. The predicted octanol–water partition coefficient (Wildman–Crippen LogP) is 0.437. The molecule has 1 aromatic rings. The number of nitrogens with zero attached hydrogens (tertiary/aromatic N) is 1. The SMILES string of the molecule is COC(=O)NC(=O)[C@@H](C)OC(=O)c1ccc2c(c1)CCN2S(C)(=O)=O. The summed E-state index contributed by atoms with van der Waals surface area (Å²) < 4.78 is 34.0. The molecule has 0 bridgehead atoms. The first kappa shape index (κ1) is 18.7. The molecule has 10 heteroatoms. The second kappa shape index (κ2) is 7.09. The molecular formula is C15H18N2O7S. The van der Waals surface area contributed by atoms with E-state index in [2.05, 4.69) is 4.74 Å². The van der Waals surface area contributed by atoms with Gasteiger partial charge in [-0.05, 0) is 37.1 Å². The molecule has 1 aliphatic heterocycles. The molecule has 0 aromatic heterocycles. The number of carbonyl (C=O) groups excluding carboxylic acids is 3. The Hall–Kier alpha value is -2.62. The van der Waals surface area contributed by atoms with Gasteiger partial charge in [0.15, 0.2) is 6.10 Å². The minimum absolute atomic E-state index is 0.187. The minimum atomic E-state index is -3.37.